The first-order chi connectivity index (χ1) is 6.98. The molecule has 0 aromatic rings. The van der Waals surface area contributed by atoms with Crippen molar-refractivity contribution in [2.75, 3.05) is 0 Å². The maximum absolute atomic E-state index is 10.0. The first-order valence-corrected chi connectivity index (χ1v) is 5.30. The van der Waals surface area contributed by atoms with Gasteiger partial charge in [0.15, 0.2) is 0 Å². The van der Waals surface area contributed by atoms with Gasteiger partial charge in [-0.1, -0.05) is 11.2 Å². The van der Waals surface area contributed by atoms with E-state index in [4.69, 9.17) is 4.84 Å². The van der Waals surface area contributed by atoms with Gasteiger partial charge in [0, 0.05) is 6.04 Å². The first-order valence-electron chi connectivity index (χ1n) is 5.30. The fraction of sp³-hybridized carbons (Fsp3) is 0.727. The van der Waals surface area contributed by atoms with Crippen LogP contribution < -0.4 is 0 Å². The Balaban J connectivity index is 2.46. The predicted molar refractivity (Wildman–Crippen MR) is 57.6 cm³/mol. The largest absolute Gasteiger partial charge is 0.370 e. The van der Waals surface area contributed by atoms with Crippen LogP contribution in [0.5, 0.6) is 0 Å². The predicted octanol–water partition coefficient (Wildman–Crippen LogP) is 2.15. The molecule has 4 nitrogen and oxygen atoms in total. The average molecular weight is 210 g/mol. The van der Waals surface area contributed by atoms with Crippen LogP contribution in [0.3, 0.4) is 0 Å². The number of hydroxylamine groups is 2. The highest BCUT2D eigenvalue weighted by atomic mass is 16.7. The molecule has 1 fully saturated rings. The number of allylic oxidation sites excluding steroid dienone is 1. The molecule has 2 aliphatic rings. The Hall–Kier alpha value is -0.870. The normalized spacial score (nSPS) is 44.8. The number of nitrogens with zero attached hydrogens (tertiary/aromatic N) is 2. The summed E-state index contributed by atoms with van der Waals surface area (Å²) in [4.78, 5) is 5.43. The summed E-state index contributed by atoms with van der Waals surface area (Å²) in [6, 6.07) is 0.0837. The van der Waals surface area contributed by atoms with Crippen molar-refractivity contribution in [3.05, 3.63) is 12.7 Å². The molecule has 0 aliphatic carbocycles. The third-order valence-electron chi connectivity index (χ3n) is 3.93. The van der Waals surface area contributed by atoms with E-state index in [-0.39, 0.29) is 11.5 Å². The van der Waals surface area contributed by atoms with Crippen LogP contribution in [-0.4, -0.2) is 27.7 Å². The van der Waals surface area contributed by atoms with Crippen molar-refractivity contribution >= 4 is 5.71 Å². The van der Waals surface area contributed by atoms with Crippen LogP contribution in [0.4, 0.5) is 0 Å². The molecular formula is C11H18N2O2. The lowest BCUT2D eigenvalue weighted by atomic mass is 9.72. The van der Waals surface area contributed by atoms with Gasteiger partial charge in [0.2, 0.25) is 5.72 Å². The number of hydrogen-bond acceptors (Lipinski definition) is 4. The lowest BCUT2D eigenvalue weighted by Gasteiger charge is -2.36. The van der Waals surface area contributed by atoms with E-state index in [0.29, 0.717) is 0 Å². The van der Waals surface area contributed by atoms with Crippen LogP contribution in [0.1, 0.15) is 33.6 Å². The van der Waals surface area contributed by atoms with E-state index in [1.165, 1.54) is 5.06 Å². The molecule has 1 saturated heterocycles. The van der Waals surface area contributed by atoms with E-state index in [0.717, 1.165) is 18.6 Å². The monoisotopic (exact) mass is 210 g/mol. The summed E-state index contributed by atoms with van der Waals surface area (Å²) in [6.07, 6.45) is 3.50. The molecule has 0 spiro atoms. The molecule has 2 aliphatic heterocycles. The zero-order chi connectivity index (χ0) is 11.3. The average Bonchev–Trinajstić information content (AvgIpc) is 2.53. The molecule has 0 aromatic carbocycles. The Morgan fingerprint density at radius 3 is 3.07 bits per heavy atom. The van der Waals surface area contributed by atoms with E-state index >= 15 is 0 Å². The Labute approximate surface area is 90.2 Å². The Kier molecular flexibility index (Phi) is 2.17. The van der Waals surface area contributed by atoms with Gasteiger partial charge in [-0.25, -0.2) is 0 Å². The van der Waals surface area contributed by atoms with Gasteiger partial charge >= 0.3 is 0 Å². The van der Waals surface area contributed by atoms with Crippen LogP contribution in [0.2, 0.25) is 0 Å². The Morgan fingerprint density at radius 1 is 1.80 bits per heavy atom. The first kappa shape index (κ1) is 10.6. The second-order valence-corrected chi connectivity index (χ2v) is 4.72. The van der Waals surface area contributed by atoms with E-state index in [9.17, 15) is 5.21 Å². The fourth-order valence-corrected chi connectivity index (χ4v) is 2.94. The zero-order valence-electron chi connectivity index (χ0n) is 9.53. The third kappa shape index (κ3) is 1.06. The molecular weight excluding hydrogens is 192 g/mol. The molecule has 15 heavy (non-hydrogen) atoms. The molecule has 3 atom stereocenters. The van der Waals surface area contributed by atoms with Crippen LogP contribution in [0, 0.1) is 5.41 Å². The number of fused-ring (bicyclic) bond motifs is 1. The molecule has 1 N–H and O–H groups in total. The Morgan fingerprint density at radius 2 is 2.47 bits per heavy atom. The smallest absolute Gasteiger partial charge is 0.220 e. The van der Waals surface area contributed by atoms with E-state index in [2.05, 4.69) is 11.7 Å². The minimum atomic E-state index is -0.731. The number of hydrogen-bond donors (Lipinski definition) is 1. The Bertz CT molecular complexity index is 329. The van der Waals surface area contributed by atoms with Crippen LogP contribution in [0.15, 0.2) is 17.8 Å². The fourth-order valence-electron chi connectivity index (χ4n) is 2.94. The maximum atomic E-state index is 10.0. The van der Waals surface area contributed by atoms with Gasteiger partial charge in [-0.05, 0) is 33.6 Å². The van der Waals surface area contributed by atoms with Gasteiger partial charge in [-0.15, -0.1) is 11.6 Å². The maximum Gasteiger partial charge on any atom is 0.220 e. The second kappa shape index (κ2) is 3.06. The minimum Gasteiger partial charge on any atom is -0.370 e. The standard InChI is InChI=1S/C11H18N2O2/c1-5-6-11-7-8(2)13(14)10(11,4)15-12-9(11)3/h5,8,14H,1,6-7H2,2-4H3/t8?,10-,11+/m1/s1. The van der Waals surface area contributed by atoms with Gasteiger partial charge in [0.25, 0.3) is 0 Å². The van der Waals surface area contributed by atoms with Crippen molar-refractivity contribution in [3.8, 4) is 0 Å². The summed E-state index contributed by atoms with van der Waals surface area (Å²) in [5.74, 6) is 0. The molecule has 2 heterocycles. The van der Waals surface area contributed by atoms with Gasteiger partial charge in [-0.2, -0.15) is 0 Å². The van der Waals surface area contributed by atoms with Crippen molar-refractivity contribution in [1.29, 1.82) is 0 Å². The lowest BCUT2D eigenvalue weighted by molar-refractivity contribution is -0.277. The molecule has 0 amide bonds. The second-order valence-electron chi connectivity index (χ2n) is 4.72. The molecule has 0 saturated carbocycles. The summed E-state index contributed by atoms with van der Waals surface area (Å²) < 4.78 is 0. The van der Waals surface area contributed by atoms with Crippen molar-refractivity contribution in [2.24, 2.45) is 10.6 Å². The minimum absolute atomic E-state index is 0.0837. The molecule has 84 valence electrons. The highest BCUT2D eigenvalue weighted by Crippen LogP contribution is 2.55. The topological polar surface area (TPSA) is 45.1 Å². The van der Waals surface area contributed by atoms with Crippen molar-refractivity contribution < 1.29 is 10.0 Å². The van der Waals surface area contributed by atoms with Crippen molar-refractivity contribution in [3.63, 3.8) is 0 Å². The van der Waals surface area contributed by atoms with Gasteiger partial charge in [0.1, 0.15) is 0 Å². The van der Waals surface area contributed by atoms with Crippen LogP contribution in [-0.2, 0) is 4.84 Å². The van der Waals surface area contributed by atoms with Crippen LogP contribution >= 0.6 is 0 Å². The quantitative estimate of drug-likeness (QED) is 0.710. The van der Waals surface area contributed by atoms with E-state index in [1.54, 1.807) is 0 Å². The summed E-state index contributed by atoms with van der Waals surface area (Å²) in [5, 5.41) is 15.4. The molecule has 1 unspecified atom stereocenters. The van der Waals surface area contributed by atoms with E-state index in [1.807, 2.05) is 26.8 Å². The molecule has 0 aromatic heterocycles. The number of rotatable bonds is 2. The van der Waals surface area contributed by atoms with Gasteiger partial charge < -0.3 is 10.0 Å². The summed E-state index contributed by atoms with van der Waals surface area (Å²) >= 11 is 0. The zero-order valence-corrected chi connectivity index (χ0v) is 9.53. The van der Waals surface area contributed by atoms with Gasteiger partial charge in [-0.3, -0.25) is 0 Å². The molecule has 0 radical (unpaired) electrons. The molecule has 2 rings (SSSR count). The van der Waals surface area contributed by atoms with Crippen LogP contribution in [0.25, 0.3) is 0 Å². The molecule has 4 heteroatoms. The summed E-state index contributed by atoms with van der Waals surface area (Å²) in [6.45, 7) is 9.62. The summed E-state index contributed by atoms with van der Waals surface area (Å²) in [5.41, 5.74) is 0.00134. The molecule has 0 bridgehead atoms. The number of oxime groups is 1. The van der Waals surface area contributed by atoms with Gasteiger partial charge in [0.05, 0.1) is 11.1 Å². The van der Waals surface area contributed by atoms with Crippen molar-refractivity contribution in [2.45, 2.75) is 45.4 Å². The lowest BCUT2D eigenvalue weighted by Crippen LogP contribution is -2.51. The highest BCUT2D eigenvalue weighted by molar-refractivity contribution is 5.90. The summed E-state index contributed by atoms with van der Waals surface area (Å²) in [7, 11) is 0. The third-order valence-corrected chi connectivity index (χ3v) is 3.93. The van der Waals surface area contributed by atoms with E-state index < -0.39 is 5.72 Å². The van der Waals surface area contributed by atoms with Crippen molar-refractivity contribution in [1.82, 2.24) is 5.06 Å². The SMILES string of the molecule is C=CC[C@@]12CC(C)N(O)[C@]1(C)ON=C2C. The highest BCUT2D eigenvalue weighted by Gasteiger charge is 2.65.